The van der Waals surface area contributed by atoms with E-state index in [1.54, 1.807) is 36.4 Å². The van der Waals surface area contributed by atoms with Crippen LogP contribution in [0.15, 0.2) is 83.3 Å². The van der Waals surface area contributed by atoms with E-state index in [-0.39, 0.29) is 17.3 Å². The van der Waals surface area contributed by atoms with Gasteiger partial charge in [-0.2, -0.15) is 0 Å². The van der Waals surface area contributed by atoms with E-state index in [1.807, 2.05) is 30.3 Å². The Morgan fingerprint density at radius 2 is 1.41 bits per heavy atom. The molecule has 0 amide bonds. The van der Waals surface area contributed by atoms with E-state index in [0.717, 1.165) is 5.56 Å². The molecule has 0 fully saturated rings. The molecule has 0 spiro atoms. The van der Waals surface area contributed by atoms with Crippen molar-refractivity contribution in [2.24, 2.45) is 0 Å². The van der Waals surface area contributed by atoms with Crippen molar-refractivity contribution >= 4 is 5.69 Å². The lowest BCUT2D eigenvalue weighted by Crippen LogP contribution is -2.13. The van der Waals surface area contributed by atoms with Gasteiger partial charge in [-0.05, 0) is 29.8 Å². The molecule has 0 saturated carbocycles. The molecule has 0 aliphatic carbocycles. The van der Waals surface area contributed by atoms with E-state index in [2.05, 4.69) is 15.5 Å². The summed E-state index contributed by atoms with van der Waals surface area (Å²) in [7, 11) is 0. The van der Waals surface area contributed by atoms with Gasteiger partial charge in [-0.25, -0.2) is 8.78 Å². The minimum absolute atomic E-state index is 0.0689. The average Bonchev–Trinajstić information content (AvgIpc) is 3.18. The summed E-state index contributed by atoms with van der Waals surface area (Å²) in [6.45, 7) is 0. The predicted molar refractivity (Wildman–Crippen MR) is 98.0 cm³/mol. The van der Waals surface area contributed by atoms with Crippen LogP contribution in [0.3, 0.4) is 0 Å². The Labute approximate surface area is 154 Å². The summed E-state index contributed by atoms with van der Waals surface area (Å²) in [6.07, 6.45) is 0. The van der Waals surface area contributed by atoms with Crippen molar-refractivity contribution in [2.45, 2.75) is 6.04 Å². The Bertz CT molecular complexity index is 1050. The average molecular weight is 363 g/mol. The second-order valence-corrected chi connectivity index (χ2v) is 5.89. The second-order valence-electron chi connectivity index (χ2n) is 5.89. The molecular formula is C21H15F2N3O. The second kappa shape index (κ2) is 7.37. The summed E-state index contributed by atoms with van der Waals surface area (Å²) >= 11 is 0. The molecule has 134 valence electrons. The minimum Gasteiger partial charge on any atom is -0.418 e. The molecular weight excluding hydrogens is 348 g/mol. The third-order valence-electron chi connectivity index (χ3n) is 4.10. The quantitative estimate of drug-likeness (QED) is 0.528. The highest BCUT2D eigenvalue weighted by atomic mass is 19.1. The monoisotopic (exact) mass is 363 g/mol. The number of para-hydroxylation sites is 1. The molecule has 3 aromatic carbocycles. The lowest BCUT2D eigenvalue weighted by atomic mass is 10.1. The summed E-state index contributed by atoms with van der Waals surface area (Å²) in [5, 5.41) is 11.1. The van der Waals surface area contributed by atoms with Crippen molar-refractivity contribution in [2.75, 3.05) is 5.32 Å². The predicted octanol–water partition coefficient (Wildman–Crippen LogP) is 5.22. The normalized spacial score (nSPS) is 11.9. The van der Waals surface area contributed by atoms with Gasteiger partial charge in [-0.15, -0.1) is 10.2 Å². The van der Waals surface area contributed by atoms with E-state index in [4.69, 9.17) is 4.42 Å². The maximum absolute atomic E-state index is 14.1. The Morgan fingerprint density at radius 1 is 0.741 bits per heavy atom. The summed E-state index contributed by atoms with van der Waals surface area (Å²) in [6, 6.07) is 21.2. The summed E-state index contributed by atoms with van der Waals surface area (Å²) in [5.41, 5.74) is 1.33. The Kier molecular flexibility index (Phi) is 4.61. The molecule has 1 N–H and O–H groups in total. The third-order valence-corrected chi connectivity index (χ3v) is 4.10. The highest BCUT2D eigenvalue weighted by Gasteiger charge is 2.23. The van der Waals surface area contributed by atoms with E-state index >= 15 is 0 Å². The Balaban J connectivity index is 1.74. The van der Waals surface area contributed by atoms with Crippen LogP contribution in [0, 0.1) is 11.6 Å². The largest absolute Gasteiger partial charge is 0.418 e. The van der Waals surface area contributed by atoms with Gasteiger partial charge in [0, 0.05) is 0 Å². The van der Waals surface area contributed by atoms with Crippen molar-refractivity contribution in [1.82, 2.24) is 10.2 Å². The van der Waals surface area contributed by atoms with Gasteiger partial charge in [0.25, 0.3) is 5.89 Å². The molecule has 6 heteroatoms. The minimum atomic E-state index is -0.587. The van der Waals surface area contributed by atoms with Crippen LogP contribution in [-0.2, 0) is 0 Å². The van der Waals surface area contributed by atoms with Crippen LogP contribution >= 0.6 is 0 Å². The van der Waals surface area contributed by atoms with Gasteiger partial charge < -0.3 is 9.73 Å². The number of hydrogen-bond donors (Lipinski definition) is 1. The van der Waals surface area contributed by atoms with Gasteiger partial charge in [0.1, 0.15) is 17.7 Å². The van der Waals surface area contributed by atoms with E-state index in [0.29, 0.717) is 5.69 Å². The van der Waals surface area contributed by atoms with Crippen molar-refractivity contribution in [1.29, 1.82) is 0 Å². The first-order valence-electron chi connectivity index (χ1n) is 8.36. The van der Waals surface area contributed by atoms with Gasteiger partial charge in [-0.3, -0.25) is 0 Å². The van der Waals surface area contributed by atoms with Crippen LogP contribution in [-0.4, -0.2) is 10.2 Å². The van der Waals surface area contributed by atoms with Crippen LogP contribution in [0.5, 0.6) is 0 Å². The lowest BCUT2D eigenvalue weighted by molar-refractivity contribution is 0.489. The third kappa shape index (κ3) is 3.55. The molecule has 4 aromatic rings. The smallest absolute Gasteiger partial charge is 0.250 e. The maximum Gasteiger partial charge on any atom is 0.250 e. The van der Waals surface area contributed by atoms with Crippen molar-refractivity contribution in [3.05, 3.63) is 102 Å². The van der Waals surface area contributed by atoms with Crippen molar-refractivity contribution < 1.29 is 13.2 Å². The van der Waals surface area contributed by atoms with Crippen molar-refractivity contribution in [3.8, 4) is 11.5 Å². The molecule has 0 bridgehead atoms. The first-order chi connectivity index (χ1) is 13.2. The van der Waals surface area contributed by atoms with Crippen LogP contribution in [0.2, 0.25) is 0 Å². The molecule has 1 heterocycles. The zero-order valence-electron chi connectivity index (χ0n) is 14.1. The van der Waals surface area contributed by atoms with Crippen LogP contribution in [0.25, 0.3) is 11.5 Å². The number of benzene rings is 3. The standard InChI is InChI=1S/C21H15F2N3O/c22-16-11-5-4-10-15(16)20-25-26-21(27-20)19(14-8-2-1-3-9-14)24-18-13-7-6-12-17(18)23/h1-13,19,24H/t19-/m0/s1. The highest BCUT2D eigenvalue weighted by molar-refractivity contribution is 5.54. The number of anilines is 1. The first-order valence-corrected chi connectivity index (χ1v) is 8.36. The molecule has 0 unspecified atom stereocenters. The molecule has 1 aromatic heterocycles. The fourth-order valence-electron chi connectivity index (χ4n) is 2.76. The molecule has 0 aliphatic heterocycles. The van der Waals surface area contributed by atoms with E-state index in [9.17, 15) is 8.78 Å². The SMILES string of the molecule is Fc1ccccc1N[C@@H](c1ccccc1)c1nnc(-c2ccccc2F)o1. The fraction of sp³-hybridized carbons (Fsp3) is 0.0476. The zero-order valence-corrected chi connectivity index (χ0v) is 14.1. The number of aromatic nitrogens is 2. The molecule has 4 rings (SSSR count). The Hall–Kier alpha value is -3.54. The lowest BCUT2D eigenvalue weighted by Gasteiger charge is -2.17. The summed E-state index contributed by atoms with van der Waals surface area (Å²) in [5.74, 6) is -0.569. The van der Waals surface area contributed by atoms with Gasteiger partial charge in [0.05, 0.1) is 11.3 Å². The number of nitrogens with one attached hydrogen (secondary N) is 1. The van der Waals surface area contributed by atoms with Gasteiger partial charge in [0.15, 0.2) is 0 Å². The number of rotatable bonds is 5. The molecule has 0 radical (unpaired) electrons. The molecule has 4 nitrogen and oxygen atoms in total. The summed E-state index contributed by atoms with van der Waals surface area (Å²) in [4.78, 5) is 0. The number of hydrogen-bond acceptors (Lipinski definition) is 4. The van der Waals surface area contributed by atoms with Gasteiger partial charge in [0.2, 0.25) is 5.89 Å². The molecule has 1 atom stereocenters. The van der Waals surface area contributed by atoms with Crippen LogP contribution in [0.4, 0.5) is 14.5 Å². The Morgan fingerprint density at radius 3 is 2.15 bits per heavy atom. The summed E-state index contributed by atoms with van der Waals surface area (Å²) < 4.78 is 33.9. The molecule has 0 saturated heterocycles. The molecule has 0 aliphatic rings. The van der Waals surface area contributed by atoms with E-state index < -0.39 is 17.7 Å². The van der Waals surface area contributed by atoms with E-state index in [1.165, 1.54) is 12.1 Å². The van der Waals surface area contributed by atoms with Crippen LogP contribution < -0.4 is 5.32 Å². The maximum atomic E-state index is 14.1. The molecule has 27 heavy (non-hydrogen) atoms. The highest BCUT2D eigenvalue weighted by Crippen LogP contribution is 2.29. The topological polar surface area (TPSA) is 51.0 Å². The number of nitrogens with zero attached hydrogens (tertiary/aromatic N) is 2. The zero-order chi connectivity index (χ0) is 18.6. The van der Waals surface area contributed by atoms with Gasteiger partial charge >= 0.3 is 0 Å². The van der Waals surface area contributed by atoms with Gasteiger partial charge in [-0.1, -0.05) is 54.6 Å². The number of halogens is 2. The first kappa shape index (κ1) is 16.9. The van der Waals surface area contributed by atoms with Crippen molar-refractivity contribution in [3.63, 3.8) is 0 Å². The van der Waals surface area contributed by atoms with Crippen LogP contribution in [0.1, 0.15) is 17.5 Å². The fourth-order valence-corrected chi connectivity index (χ4v) is 2.76.